The van der Waals surface area contributed by atoms with Crippen LogP contribution in [0.2, 0.25) is 0 Å². The van der Waals surface area contributed by atoms with Crippen LogP contribution < -0.4 is 4.74 Å². The first kappa shape index (κ1) is 19.1. The molecule has 0 bridgehead atoms. The number of ether oxygens (including phenoxy) is 1. The average molecular weight is 375 g/mol. The molecule has 0 aliphatic rings. The molecular formula is C22H18FN3O2. The Morgan fingerprint density at radius 1 is 1.18 bits per heavy atom. The number of halogens is 1. The lowest BCUT2D eigenvalue weighted by Crippen LogP contribution is -1.99. The SMILES string of the molecule is Cc1nn(-c2ccc(F)cc2)c(C)c1/C=C/C(=O)c1ccc(OCC#N)cc1. The molecule has 0 unspecified atom stereocenters. The van der Waals surface area contributed by atoms with Crippen molar-refractivity contribution in [3.63, 3.8) is 0 Å². The molecule has 28 heavy (non-hydrogen) atoms. The summed E-state index contributed by atoms with van der Waals surface area (Å²) in [5.41, 5.74) is 3.73. The maximum atomic E-state index is 13.1. The molecule has 5 nitrogen and oxygen atoms in total. The number of carbonyl (C=O) groups excluding carboxylic acids is 1. The van der Waals surface area contributed by atoms with E-state index in [1.807, 2.05) is 19.9 Å². The van der Waals surface area contributed by atoms with Gasteiger partial charge in [0.15, 0.2) is 12.4 Å². The molecule has 0 saturated heterocycles. The Kier molecular flexibility index (Phi) is 5.66. The predicted octanol–water partition coefficient (Wildman–Crippen LogP) is 4.43. The van der Waals surface area contributed by atoms with Crippen molar-refractivity contribution in [2.24, 2.45) is 0 Å². The molecule has 1 heterocycles. The fourth-order valence-electron chi connectivity index (χ4n) is 2.82. The molecule has 0 fully saturated rings. The molecule has 0 atom stereocenters. The van der Waals surface area contributed by atoms with Crippen molar-refractivity contribution in [3.05, 3.63) is 82.9 Å². The van der Waals surface area contributed by atoms with Crippen LogP contribution >= 0.6 is 0 Å². The van der Waals surface area contributed by atoms with Crippen molar-refractivity contribution >= 4 is 11.9 Å². The number of carbonyl (C=O) groups is 1. The first-order chi connectivity index (χ1) is 13.5. The number of aromatic nitrogens is 2. The van der Waals surface area contributed by atoms with Crippen LogP contribution in [0.25, 0.3) is 11.8 Å². The lowest BCUT2D eigenvalue weighted by atomic mass is 10.1. The summed E-state index contributed by atoms with van der Waals surface area (Å²) in [7, 11) is 0. The normalized spacial score (nSPS) is 10.8. The van der Waals surface area contributed by atoms with Crippen LogP contribution in [0.5, 0.6) is 5.75 Å². The van der Waals surface area contributed by atoms with Crippen molar-refractivity contribution in [2.75, 3.05) is 6.61 Å². The summed E-state index contributed by atoms with van der Waals surface area (Å²) in [5, 5.41) is 13.0. The third-order valence-corrected chi connectivity index (χ3v) is 4.26. The number of nitrogens with zero attached hydrogens (tertiary/aromatic N) is 3. The van der Waals surface area contributed by atoms with Crippen molar-refractivity contribution in [1.82, 2.24) is 9.78 Å². The number of ketones is 1. The van der Waals surface area contributed by atoms with Crippen LogP contribution in [0, 0.1) is 31.0 Å². The van der Waals surface area contributed by atoms with E-state index in [9.17, 15) is 9.18 Å². The average Bonchev–Trinajstić information content (AvgIpc) is 2.99. The molecule has 3 rings (SSSR count). The monoisotopic (exact) mass is 375 g/mol. The Bertz CT molecular complexity index is 1060. The van der Waals surface area contributed by atoms with Gasteiger partial charge in [-0.3, -0.25) is 4.79 Å². The molecule has 0 spiro atoms. The predicted molar refractivity (Wildman–Crippen MR) is 104 cm³/mol. The maximum Gasteiger partial charge on any atom is 0.185 e. The molecule has 0 saturated carbocycles. The van der Waals surface area contributed by atoms with Crippen molar-refractivity contribution in [3.8, 4) is 17.5 Å². The number of hydrogen-bond donors (Lipinski definition) is 0. The number of hydrogen-bond acceptors (Lipinski definition) is 4. The van der Waals surface area contributed by atoms with Crippen LogP contribution in [-0.2, 0) is 0 Å². The minimum Gasteiger partial charge on any atom is -0.479 e. The van der Waals surface area contributed by atoms with E-state index in [4.69, 9.17) is 10.00 Å². The first-order valence-electron chi connectivity index (χ1n) is 8.64. The zero-order valence-electron chi connectivity index (χ0n) is 15.5. The minimum atomic E-state index is -0.306. The molecule has 0 N–H and O–H groups in total. The lowest BCUT2D eigenvalue weighted by Gasteiger charge is -2.04. The molecule has 0 aliphatic carbocycles. The smallest absolute Gasteiger partial charge is 0.185 e. The Labute approximate surface area is 162 Å². The van der Waals surface area contributed by atoms with Crippen LogP contribution in [-0.4, -0.2) is 22.2 Å². The van der Waals surface area contributed by atoms with E-state index in [0.717, 1.165) is 22.6 Å². The van der Waals surface area contributed by atoms with Gasteiger partial charge < -0.3 is 4.74 Å². The lowest BCUT2D eigenvalue weighted by molar-refractivity contribution is 0.104. The molecule has 0 radical (unpaired) electrons. The van der Waals surface area contributed by atoms with E-state index in [1.54, 1.807) is 47.2 Å². The summed E-state index contributed by atoms with van der Waals surface area (Å²) < 4.78 is 20.0. The highest BCUT2D eigenvalue weighted by atomic mass is 19.1. The second-order valence-corrected chi connectivity index (χ2v) is 6.14. The summed E-state index contributed by atoms with van der Waals surface area (Å²) in [6.07, 6.45) is 3.23. The first-order valence-corrected chi connectivity index (χ1v) is 8.64. The number of aryl methyl sites for hydroxylation is 1. The van der Waals surface area contributed by atoms with E-state index in [0.29, 0.717) is 11.3 Å². The van der Waals surface area contributed by atoms with Crippen LogP contribution in [0.15, 0.2) is 54.6 Å². The minimum absolute atomic E-state index is 0.0379. The van der Waals surface area contributed by atoms with Crippen LogP contribution in [0.3, 0.4) is 0 Å². The van der Waals surface area contributed by atoms with Gasteiger partial charge in [-0.1, -0.05) is 0 Å². The Hall–Kier alpha value is -3.72. The second-order valence-electron chi connectivity index (χ2n) is 6.14. The molecule has 6 heteroatoms. The molecular weight excluding hydrogens is 357 g/mol. The highest BCUT2D eigenvalue weighted by Gasteiger charge is 2.11. The Morgan fingerprint density at radius 2 is 1.86 bits per heavy atom. The molecule has 3 aromatic rings. The molecule has 1 aromatic heterocycles. The third-order valence-electron chi connectivity index (χ3n) is 4.26. The van der Waals surface area contributed by atoms with Gasteiger partial charge in [-0.15, -0.1) is 0 Å². The van der Waals surface area contributed by atoms with Crippen molar-refractivity contribution in [2.45, 2.75) is 13.8 Å². The molecule has 0 amide bonds. The number of allylic oxidation sites excluding steroid dienone is 1. The summed E-state index contributed by atoms with van der Waals surface area (Å²) >= 11 is 0. The van der Waals surface area contributed by atoms with Gasteiger partial charge in [0.2, 0.25) is 0 Å². The number of nitriles is 1. The molecule has 140 valence electrons. The number of rotatable bonds is 6. The summed E-state index contributed by atoms with van der Waals surface area (Å²) in [6.45, 7) is 3.72. The van der Waals surface area contributed by atoms with Gasteiger partial charge in [0.25, 0.3) is 0 Å². The maximum absolute atomic E-state index is 13.1. The van der Waals surface area contributed by atoms with Gasteiger partial charge in [-0.05, 0) is 74.5 Å². The fourth-order valence-corrected chi connectivity index (χ4v) is 2.82. The van der Waals surface area contributed by atoms with E-state index >= 15 is 0 Å². The zero-order valence-corrected chi connectivity index (χ0v) is 15.5. The highest BCUT2D eigenvalue weighted by molar-refractivity contribution is 6.07. The van der Waals surface area contributed by atoms with E-state index < -0.39 is 0 Å². The van der Waals surface area contributed by atoms with Crippen molar-refractivity contribution < 1.29 is 13.9 Å². The summed E-state index contributed by atoms with van der Waals surface area (Å²) in [5.74, 6) is 0.0783. The van der Waals surface area contributed by atoms with Crippen LogP contribution in [0.4, 0.5) is 4.39 Å². The van der Waals surface area contributed by atoms with Gasteiger partial charge in [0, 0.05) is 16.8 Å². The number of benzene rings is 2. The Balaban J connectivity index is 1.79. The van der Waals surface area contributed by atoms with Gasteiger partial charge in [0.1, 0.15) is 17.6 Å². The third kappa shape index (κ3) is 4.15. The second kappa shape index (κ2) is 8.31. The van der Waals surface area contributed by atoms with E-state index in [2.05, 4.69) is 5.10 Å². The van der Waals surface area contributed by atoms with Gasteiger partial charge in [-0.25, -0.2) is 9.07 Å². The van der Waals surface area contributed by atoms with Crippen LogP contribution in [0.1, 0.15) is 27.3 Å². The van der Waals surface area contributed by atoms with E-state index in [-0.39, 0.29) is 18.2 Å². The summed E-state index contributed by atoms with van der Waals surface area (Å²) in [6, 6.07) is 14.6. The molecule has 0 aliphatic heterocycles. The zero-order chi connectivity index (χ0) is 20.1. The Morgan fingerprint density at radius 3 is 2.50 bits per heavy atom. The quantitative estimate of drug-likeness (QED) is 0.472. The van der Waals surface area contributed by atoms with E-state index in [1.165, 1.54) is 18.2 Å². The van der Waals surface area contributed by atoms with Gasteiger partial charge in [-0.2, -0.15) is 10.4 Å². The topological polar surface area (TPSA) is 67.9 Å². The molecule has 2 aromatic carbocycles. The fraction of sp³-hybridized carbons (Fsp3) is 0.136. The standard InChI is InChI=1S/C22H18FN3O2/c1-15-21(16(2)26(25-15)19-7-5-18(23)6-8-19)11-12-22(27)17-3-9-20(10-4-17)28-14-13-24/h3-12H,14H2,1-2H3/b12-11+. The highest BCUT2D eigenvalue weighted by Crippen LogP contribution is 2.20. The largest absolute Gasteiger partial charge is 0.479 e. The summed E-state index contributed by atoms with van der Waals surface area (Å²) in [4.78, 5) is 12.4. The van der Waals surface area contributed by atoms with Crippen molar-refractivity contribution in [1.29, 1.82) is 5.26 Å². The van der Waals surface area contributed by atoms with Gasteiger partial charge in [0.05, 0.1) is 11.4 Å². The van der Waals surface area contributed by atoms with Gasteiger partial charge >= 0.3 is 0 Å².